The monoisotopic (exact) mass is 393 g/mol. The summed E-state index contributed by atoms with van der Waals surface area (Å²) in [4.78, 5) is 19.1. The third-order valence-electron chi connectivity index (χ3n) is 5.87. The fourth-order valence-electron chi connectivity index (χ4n) is 4.35. The zero-order valence-corrected chi connectivity index (χ0v) is 17.5. The minimum atomic E-state index is 0.144. The highest BCUT2D eigenvalue weighted by atomic mass is 16.5. The summed E-state index contributed by atoms with van der Waals surface area (Å²) in [6.45, 7) is 7.55. The third-order valence-corrected chi connectivity index (χ3v) is 5.87. The molecule has 2 aromatic rings. The van der Waals surface area contributed by atoms with E-state index in [9.17, 15) is 4.79 Å². The number of rotatable bonds is 6. The molecule has 0 aromatic heterocycles. The summed E-state index contributed by atoms with van der Waals surface area (Å²) in [5.41, 5.74) is 3.20. The van der Waals surface area contributed by atoms with Crippen molar-refractivity contribution in [3.05, 3.63) is 59.7 Å². The minimum absolute atomic E-state index is 0.144. The van der Waals surface area contributed by atoms with Crippen molar-refractivity contribution in [2.24, 2.45) is 0 Å². The molecule has 0 spiro atoms. The van der Waals surface area contributed by atoms with Gasteiger partial charge in [-0.15, -0.1) is 0 Å². The number of likely N-dealkylation sites (N-methyl/N-ethyl adjacent to an activating group) is 2. The van der Waals surface area contributed by atoms with Gasteiger partial charge in [0.1, 0.15) is 11.9 Å². The molecule has 2 aliphatic heterocycles. The number of anilines is 1. The maximum Gasteiger partial charge on any atom is 0.253 e. The molecular weight excluding hydrogens is 362 g/mol. The first kappa shape index (κ1) is 19.8. The summed E-state index contributed by atoms with van der Waals surface area (Å²) in [6, 6.07) is 16.4. The third kappa shape index (κ3) is 4.56. The molecule has 1 atom stereocenters. The molecular formula is C24H31N3O2. The van der Waals surface area contributed by atoms with Crippen LogP contribution in [0.15, 0.2) is 48.5 Å². The van der Waals surface area contributed by atoms with Gasteiger partial charge in [0.05, 0.1) is 12.2 Å². The molecule has 0 bridgehead atoms. The summed E-state index contributed by atoms with van der Waals surface area (Å²) in [5.74, 6) is 1.14. The lowest BCUT2D eigenvalue weighted by molar-refractivity contribution is 0.0793. The van der Waals surface area contributed by atoms with Gasteiger partial charge in [0.25, 0.3) is 5.91 Å². The number of fused-ring (bicyclic) bond motifs is 1. The lowest BCUT2D eigenvalue weighted by Gasteiger charge is -2.37. The van der Waals surface area contributed by atoms with E-state index in [0.717, 1.165) is 63.4 Å². The van der Waals surface area contributed by atoms with Gasteiger partial charge in [-0.1, -0.05) is 24.3 Å². The minimum Gasteiger partial charge on any atom is -0.485 e. The van der Waals surface area contributed by atoms with Gasteiger partial charge in [-0.2, -0.15) is 0 Å². The van der Waals surface area contributed by atoms with Gasteiger partial charge >= 0.3 is 0 Å². The van der Waals surface area contributed by atoms with Gasteiger partial charge in [-0.3, -0.25) is 9.69 Å². The second kappa shape index (κ2) is 8.87. The van der Waals surface area contributed by atoms with Crippen molar-refractivity contribution in [3.63, 3.8) is 0 Å². The highest BCUT2D eigenvalue weighted by molar-refractivity contribution is 5.94. The number of ether oxygens (including phenoxy) is 1. The van der Waals surface area contributed by atoms with Crippen LogP contribution in [0.2, 0.25) is 0 Å². The zero-order valence-electron chi connectivity index (χ0n) is 17.5. The van der Waals surface area contributed by atoms with Crippen molar-refractivity contribution in [2.75, 3.05) is 44.7 Å². The Morgan fingerprint density at radius 3 is 2.55 bits per heavy atom. The Morgan fingerprint density at radius 1 is 1.10 bits per heavy atom. The normalized spacial score (nSPS) is 18.7. The van der Waals surface area contributed by atoms with E-state index in [1.54, 1.807) is 0 Å². The summed E-state index contributed by atoms with van der Waals surface area (Å²) >= 11 is 0. The van der Waals surface area contributed by atoms with Gasteiger partial charge in [0.2, 0.25) is 0 Å². The first-order valence-corrected chi connectivity index (χ1v) is 10.7. The maximum atomic E-state index is 12.5. The van der Waals surface area contributed by atoms with Crippen molar-refractivity contribution in [2.45, 2.75) is 32.4 Å². The van der Waals surface area contributed by atoms with E-state index in [4.69, 9.17) is 4.74 Å². The second-order valence-corrected chi connectivity index (χ2v) is 8.14. The SMILES string of the molecule is CCN1C[C@H](CN(C)Cc2ccc(C(=O)N3CCCC3)cc2)Oc2ccccc21. The summed E-state index contributed by atoms with van der Waals surface area (Å²) < 4.78 is 6.25. The van der Waals surface area contributed by atoms with Crippen LogP contribution in [-0.2, 0) is 6.54 Å². The van der Waals surface area contributed by atoms with E-state index in [1.807, 2.05) is 23.1 Å². The molecule has 2 heterocycles. The lowest BCUT2D eigenvalue weighted by Crippen LogP contribution is -2.45. The van der Waals surface area contributed by atoms with E-state index in [-0.39, 0.29) is 12.0 Å². The summed E-state index contributed by atoms with van der Waals surface area (Å²) in [6.07, 6.45) is 2.39. The van der Waals surface area contributed by atoms with Crippen LogP contribution >= 0.6 is 0 Å². The topological polar surface area (TPSA) is 36.0 Å². The molecule has 2 aliphatic rings. The fraction of sp³-hybridized carbons (Fsp3) is 0.458. The van der Waals surface area contributed by atoms with Crippen LogP contribution in [0.4, 0.5) is 5.69 Å². The second-order valence-electron chi connectivity index (χ2n) is 8.14. The Morgan fingerprint density at radius 2 is 1.83 bits per heavy atom. The number of hydrogen-bond acceptors (Lipinski definition) is 4. The Bertz CT molecular complexity index is 830. The Kier molecular flexibility index (Phi) is 6.05. The molecule has 0 radical (unpaired) electrons. The summed E-state index contributed by atoms with van der Waals surface area (Å²) in [7, 11) is 2.13. The molecule has 5 nitrogen and oxygen atoms in total. The number of para-hydroxylation sites is 2. The standard InChI is InChI=1S/C24H31N3O2/c1-3-26-18-21(29-23-9-5-4-8-22(23)26)17-25(2)16-19-10-12-20(13-11-19)24(28)27-14-6-7-15-27/h4-5,8-13,21H,3,6-7,14-18H2,1-2H3/t21-/m0/s1. The Balaban J connectivity index is 1.34. The largest absolute Gasteiger partial charge is 0.485 e. The molecule has 1 saturated heterocycles. The number of amides is 1. The van der Waals surface area contributed by atoms with Crippen LogP contribution in [0.3, 0.4) is 0 Å². The molecule has 5 heteroatoms. The fourth-order valence-corrected chi connectivity index (χ4v) is 4.35. The van der Waals surface area contributed by atoms with Crippen LogP contribution in [-0.4, -0.2) is 61.6 Å². The van der Waals surface area contributed by atoms with Crippen LogP contribution in [0.5, 0.6) is 5.75 Å². The maximum absolute atomic E-state index is 12.5. The average Bonchev–Trinajstić information content (AvgIpc) is 3.28. The van der Waals surface area contributed by atoms with Gasteiger partial charge in [0.15, 0.2) is 0 Å². The highest BCUT2D eigenvalue weighted by Crippen LogP contribution is 2.32. The highest BCUT2D eigenvalue weighted by Gasteiger charge is 2.25. The molecule has 4 rings (SSSR count). The number of benzene rings is 2. The van der Waals surface area contributed by atoms with Crippen molar-refractivity contribution in [3.8, 4) is 5.75 Å². The van der Waals surface area contributed by atoms with Gasteiger partial charge in [-0.25, -0.2) is 0 Å². The van der Waals surface area contributed by atoms with Crippen molar-refractivity contribution in [1.29, 1.82) is 0 Å². The zero-order chi connectivity index (χ0) is 20.2. The van der Waals surface area contributed by atoms with Gasteiger partial charge in [-0.05, 0) is 56.6 Å². The molecule has 1 amide bonds. The summed E-state index contributed by atoms with van der Waals surface area (Å²) in [5, 5.41) is 0. The quantitative estimate of drug-likeness (QED) is 0.751. The first-order valence-electron chi connectivity index (χ1n) is 10.7. The smallest absolute Gasteiger partial charge is 0.253 e. The molecule has 0 saturated carbocycles. The molecule has 2 aromatic carbocycles. The van der Waals surface area contributed by atoms with E-state index in [0.29, 0.717) is 0 Å². The van der Waals surface area contributed by atoms with E-state index in [1.165, 1.54) is 11.3 Å². The number of carbonyl (C=O) groups excluding carboxylic acids is 1. The molecule has 0 N–H and O–H groups in total. The first-order chi connectivity index (χ1) is 14.1. The van der Waals surface area contributed by atoms with Crippen LogP contribution in [0.25, 0.3) is 0 Å². The predicted molar refractivity (Wildman–Crippen MR) is 117 cm³/mol. The number of likely N-dealkylation sites (tertiary alicyclic amines) is 1. The molecule has 0 unspecified atom stereocenters. The van der Waals surface area contributed by atoms with Gasteiger partial charge < -0.3 is 14.5 Å². The van der Waals surface area contributed by atoms with Crippen LogP contribution in [0, 0.1) is 0 Å². The van der Waals surface area contributed by atoms with Crippen molar-refractivity contribution >= 4 is 11.6 Å². The van der Waals surface area contributed by atoms with Crippen LogP contribution in [0.1, 0.15) is 35.7 Å². The molecule has 0 aliphatic carbocycles. The molecule has 154 valence electrons. The van der Waals surface area contributed by atoms with Gasteiger partial charge in [0, 0.05) is 38.3 Å². The average molecular weight is 394 g/mol. The number of hydrogen-bond donors (Lipinski definition) is 0. The van der Waals surface area contributed by atoms with Crippen molar-refractivity contribution < 1.29 is 9.53 Å². The Hall–Kier alpha value is -2.53. The lowest BCUT2D eigenvalue weighted by atomic mass is 10.1. The van der Waals surface area contributed by atoms with E-state index in [2.05, 4.69) is 54.1 Å². The van der Waals surface area contributed by atoms with E-state index >= 15 is 0 Å². The van der Waals surface area contributed by atoms with Crippen LogP contribution < -0.4 is 9.64 Å². The molecule has 29 heavy (non-hydrogen) atoms. The number of nitrogens with zero attached hydrogens (tertiary/aromatic N) is 3. The predicted octanol–water partition coefficient (Wildman–Crippen LogP) is 3.64. The van der Waals surface area contributed by atoms with Crippen molar-refractivity contribution in [1.82, 2.24) is 9.80 Å². The molecule has 1 fully saturated rings. The number of carbonyl (C=O) groups is 1. The van der Waals surface area contributed by atoms with E-state index < -0.39 is 0 Å². The Labute approximate surface area is 173 Å².